The molecule has 2 aromatic carbocycles. The lowest BCUT2D eigenvalue weighted by atomic mass is 10.1. The predicted octanol–water partition coefficient (Wildman–Crippen LogP) is 2.09. The predicted molar refractivity (Wildman–Crippen MR) is 77.5 cm³/mol. The van der Waals surface area contributed by atoms with Gasteiger partial charge in [0.2, 0.25) is 0 Å². The maximum Gasteiger partial charge on any atom is 0.265 e. The zero-order chi connectivity index (χ0) is 13.9. The summed E-state index contributed by atoms with van der Waals surface area (Å²) in [6.07, 6.45) is 0.146. The molecular weight excluding hydrogens is 252 g/mol. The van der Waals surface area contributed by atoms with Gasteiger partial charge in [0.05, 0.1) is 0 Å². The Morgan fingerprint density at radius 2 is 2.10 bits per heavy atom. The van der Waals surface area contributed by atoms with Crippen LogP contribution in [0.5, 0.6) is 5.75 Å². The summed E-state index contributed by atoms with van der Waals surface area (Å²) in [5.74, 6) is 0.665. The van der Waals surface area contributed by atoms with Crippen molar-refractivity contribution in [1.29, 1.82) is 0 Å². The summed E-state index contributed by atoms with van der Waals surface area (Å²) in [4.78, 5) is 12.2. The van der Waals surface area contributed by atoms with Gasteiger partial charge in [-0.1, -0.05) is 30.3 Å². The lowest BCUT2D eigenvalue weighted by Gasteiger charge is -2.12. The number of anilines is 1. The highest BCUT2D eigenvalue weighted by Gasteiger charge is 2.28. The van der Waals surface area contributed by atoms with Gasteiger partial charge in [0.1, 0.15) is 5.75 Å². The number of fused-ring (bicyclic) bond motifs is 1. The van der Waals surface area contributed by atoms with Crippen molar-refractivity contribution in [3.8, 4) is 5.75 Å². The van der Waals surface area contributed by atoms with E-state index in [1.807, 2.05) is 48.5 Å². The molecule has 0 aromatic heterocycles. The van der Waals surface area contributed by atoms with E-state index in [1.165, 1.54) is 0 Å². The number of benzene rings is 2. The Hall–Kier alpha value is -2.33. The smallest absolute Gasteiger partial charge is 0.265 e. The molecule has 3 rings (SSSR count). The van der Waals surface area contributed by atoms with E-state index in [2.05, 4.69) is 5.32 Å². The largest absolute Gasteiger partial charge is 0.480 e. The zero-order valence-electron chi connectivity index (χ0n) is 11.0. The van der Waals surface area contributed by atoms with Crippen molar-refractivity contribution in [1.82, 2.24) is 0 Å². The topological polar surface area (TPSA) is 64.3 Å². The van der Waals surface area contributed by atoms with Gasteiger partial charge in [0.25, 0.3) is 5.91 Å². The lowest BCUT2D eigenvalue weighted by Crippen LogP contribution is -2.31. The highest BCUT2D eigenvalue weighted by molar-refractivity contribution is 5.95. The first-order valence-electron chi connectivity index (χ1n) is 6.60. The van der Waals surface area contributed by atoms with Crippen LogP contribution in [-0.2, 0) is 17.8 Å². The fourth-order valence-corrected chi connectivity index (χ4v) is 2.33. The molecule has 0 spiro atoms. The second-order valence-corrected chi connectivity index (χ2v) is 4.81. The number of carbonyl (C=O) groups is 1. The Balaban J connectivity index is 1.69. The van der Waals surface area contributed by atoms with Gasteiger partial charge in [-0.15, -0.1) is 0 Å². The SMILES string of the molecule is NCc1cccc(NC(=O)C2Cc3ccccc3O2)c1. The van der Waals surface area contributed by atoms with E-state index in [4.69, 9.17) is 10.5 Å². The van der Waals surface area contributed by atoms with Crippen molar-refractivity contribution in [3.63, 3.8) is 0 Å². The molecule has 0 saturated carbocycles. The van der Waals surface area contributed by atoms with Crippen molar-refractivity contribution < 1.29 is 9.53 Å². The molecule has 4 nitrogen and oxygen atoms in total. The molecule has 0 radical (unpaired) electrons. The van der Waals surface area contributed by atoms with Gasteiger partial charge in [-0.25, -0.2) is 0 Å². The Labute approximate surface area is 117 Å². The van der Waals surface area contributed by atoms with Crippen LogP contribution in [0.2, 0.25) is 0 Å². The van der Waals surface area contributed by atoms with Gasteiger partial charge in [-0.05, 0) is 29.3 Å². The zero-order valence-corrected chi connectivity index (χ0v) is 11.0. The third-order valence-corrected chi connectivity index (χ3v) is 3.37. The Bertz CT molecular complexity index is 615. The fraction of sp³-hybridized carbons (Fsp3) is 0.188. The minimum absolute atomic E-state index is 0.129. The molecule has 0 fully saturated rings. The van der Waals surface area contributed by atoms with Gasteiger partial charge < -0.3 is 15.8 Å². The number of hydrogen-bond donors (Lipinski definition) is 2. The average molecular weight is 268 g/mol. The van der Waals surface area contributed by atoms with E-state index in [1.54, 1.807) is 0 Å². The first-order chi connectivity index (χ1) is 9.76. The lowest BCUT2D eigenvalue weighted by molar-refractivity contribution is -0.122. The molecule has 4 heteroatoms. The molecule has 3 N–H and O–H groups in total. The van der Waals surface area contributed by atoms with Gasteiger partial charge in [-0.2, -0.15) is 0 Å². The first-order valence-corrected chi connectivity index (χ1v) is 6.60. The van der Waals surface area contributed by atoms with E-state index < -0.39 is 6.10 Å². The molecule has 20 heavy (non-hydrogen) atoms. The molecule has 2 aromatic rings. The summed E-state index contributed by atoms with van der Waals surface area (Å²) in [7, 11) is 0. The number of hydrogen-bond acceptors (Lipinski definition) is 3. The molecule has 0 saturated heterocycles. The molecule has 0 aliphatic carbocycles. The number of rotatable bonds is 3. The third kappa shape index (κ3) is 2.51. The van der Waals surface area contributed by atoms with Gasteiger partial charge in [0, 0.05) is 18.7 Å². The highest BCUT2D eigenvalue weighted by Crippen LogP contribution is 2.28. The molecule has 102 valence electrons. The normalized spacial score (nSPS) is 16.4. The van der Waals surface area contributed by atoms with Crippen LogP contribution in [0.1, 0.15) is 11.1 Å². The van der Waals surface area contributed by atoms with Crippen LogP contribution >= 0.6 is 0 Å². The monoisotopic (exact) mass is 268 g/mol. The minimum Gasteiger partial charge on any atom is -0.480 e. The Morgan fingerprint density at radius 1 is 1.25 bits per heavy atom. The van der Waals surface area contributed by atoms with E-state index in [9.17, 15) is 4.79 Å². The number of para-hydroxylation sites is 1. The first kappa shape index (κ1) is 12.7. The molecule has 0 bridgehead atoms. The van der Waals surface area contributed by atoms with E-state index in [0.717, 1.165) is 22.6 Å². The van der Waals surface area contributed by atoms with Crippen molar-refractivity contribution in [2.75, 3.05) is 5.32 Å². The maximum atomic E-state index is 12.2. The summed E-state index contributed by atoms with van der Waals surface area (Å²) < 4.78 is 5.66. The minimum atomic E-state index is -0.464. The quantitative estimate of drug-likeness (QED) is 0.896. The van der Waals surface area contributed by atoms with Crippen LogP contribution in [-0.4, -0.2) is 12.0 Å². The summed E-state index contributed by atoms with van der Waals surface area (Å²) in [5.41, 5.74) is 8.40. The summed E-state index contributed by atoms with van der Waals surface area (Å²) >= 11 is 0. The van der Waals surface area contributed by atoms with E-state index in [-0.39, 0.29) is 5.91 Å². The fourth-order valence-electron chi connectivity index (χ4n) is 2.33. The number of carbonyl (C=O) groups excluding carboxylic acids is 1. The van der Waals surface area contributed by atoms with Gasteiger partial charge >= 0.3 is 0 Å². The number of ether oxygens (including phenoxy) is 1. The Kier molecular flexibility index (Phi) is 3.39. The summed E-state index contributed by atoms with van der Waals surface area (Å²) in [6, 6.07) is 15.3. The molecular formula is C16H16N2O2. The molecule has 1 aliphatic rings. The standard InChI is InChI=1S/C16H16N2O2/c17-10-11-4-3-6-13(8-11)18-16(19)15-9-12-5-1-2-7-14(12)20-15/h1-8,15H,9-10,17H2,(H,18,19). The second-order valence-electron chi connectivity index (χ2n) is 4.81. The second kappa shape index (κ2) is 5.35. The van der Waals surface area contributed by atoms with Gasteiger partial charge in [-0.3, -0.25) is 4.79 Å². The number of amides is 1. The van der Waals surface area contributed by atoms with Gasteiger partial charge in [0.15, 0.2) is 6.10 Å². The van der Waals surface area contributed by atoms with Crippen LogP contribution in [0.3, 0.4) is 0 Å². The molecule has 1 atom stereocenters. The highest BCUT2D eigenvalue weighted by atomic mass is 16.5. The Morgan fingerprint density at radius 3 is 2.90 bits per heavy atom. The van der Waals surface area contributed by atoms with Crippen molar-refractivity contribution >= 4 is 11.6 Å². The van der Waals surface area contributed by atoms with Crippen molar-refractivity contribution in [2.24, 2.45) is 5.73 Å². The van der Waals surface area contributed by atoms with Crippen LogP contribution < -0.4 is 15.8 Å². The van der Waals surface area contributed by atoms with Crippen LogP contribution in [0, 0.1) is 0 Å². The van der Waals surface area contributed by atoms with Crippen LogP contribution in [0.4, 0.5) is 5.69 Å². The third-order valence-electron chi connectivity index (χ3n) is 3.37. The average Bonchev–Trinajstić information content (AvgIpc) is 2.91. The molecule has 1 heterocycles. The van der Waals surface area contributed by atoms with E-state index in [0.29, 0.717) is 13.0 Å². The van der Waals surface area contributed by atoms with E-state index >= 15 is 0 Å². The molecule has 1 unspecified atom stereocenters. The van der Waals surface area contributed by atoms with Crippen LogP contribution in [0.25, 0.3) is 0 Å². The summed E-state index contributed by atoms with van der Waals surface area (Å²) in [5, 5.41) is 2.87. The van der Waals surface area contributed by atoms with Crippen molar-refractivity contribution in [2.45, 2.75) is 19.1 Å². The summed E-state index contributed by atoms with van der Waals surface area (Å²) in [6.45, 7) is 0.453. The van der Waals surface area contributed by atoms with Crippen LogP contribution in [0.15, 0.2) is 48.5 Å². The molecule has 1 aliphatic heterocycles. The van der Waals surface area contributed by atoms with Crippen molar-refractivity contribution in [3.05, 3.63) is 59.7 Å². The maximum absolute atomic E-state index is 12.2. The number of nitrogens with two attached hydrogens (primary N) is 1. The number of nitrogens with one attached hydrogen (secondary N) is 1. The molecule has 1 amide bonds.